The van der Waals surface area contributed by atoms with Gasteiger partial charge < -0.3 is 10.4 Å². The lowest BCUT2D eigenvalue weighted by atomic mass is 9.88. The SMILES string of the molecule is O=S(=O)(Nc1ccncn1)c1cc(Cl)c(N[C@@H]2CCCC[C@H]2N2C[C@@H]3C(CO)[C@@H]3C2)cc1F. The topological polar surface area (TPSA) is 107 Å². The molecule has 0 amide bonds. The lowest BCUT2D eigenvalue weighted by molar-refractivity contribution is 0.142. The first-order valence-corrected chi connectivity index (χ1v) is 13.1. The van der Waals surface area contributed by atoms with Crippen molar-refractivity contribution in [2.24, 2.45) is 17.8 Å². The second-order valence-electron chi connectivity index (χ2n) is 9.19. The molecule has 1 aromatic carbocycles. The highest BCUT2D eigenvalue weighted by Gasteiger charge is 2.56. The molecule has 11 heteroatoms. The van der Waals surface area contributed by atoms with Crippen LogP contribution in [-0.2, 0) is 10.0 Å². The summed E-state index contributed by atoms with van der Waals surface area (Å²) in [6, 6.07) is 4.08. The highest BCUT2D eigenvalue weighted by atomic mass is 35.5. The Bertz CT molecular complexity index is 1110. The minimum Gasteiger partial charge on any atom is -0.396 e. The van der Waals surface area contributed by atoms with Gasteiger partial charge in [-0.1, -0.05) is 24.4 Å². The Hall–Kier alpha value is -2.01. The molecule has 3 fully saturated rings. The van der Waals surface area contributed by atoms with Crippen molar-refractivity contribution in [2.45, 2.75) is 42.7 Å². The van der Waals surface area contributed by atoms with E-state index in [1.165, 1.54) is 18.6 Å². The van der Waals surface area contributed by atoms with E-state index in [1.807, 2.05) is 0 Å². The van der Waals surface area contributed by atoms with Gasteiger partial charge in [0.25, 0.3) is 10.0 Å². The molecule has 3 N–H and O–H groups in total. The van der Waals surface area contributed by atoms with Crippen molar-refractivity contribution in [1.29, 1.82) is 0 Å². The highest BCUT2D eigenvalue weighted by Crippen LogP contribution is 2.52. The maximum absolute atomic E-state index is 14.9. The average Bonchev–Trinajstić information content (AvgIpc) is 3.27. The van der Waals surface area contributed by atoms with E-state index < -0.39 is 20.7 Å². The third-order valence-corrected chi connectivity index (χ3v) is 8.96. The molecule has 8 nitrogen and oxygen atoms in total. The van der Waals surface area contributed by atoms with Gasteiger partial charge in [0.2, 0.25) is 0 Å². The van der Waals surface area contributed by atoms with Gasteiger partial charge in [0.05, 0.1) is 10.7 Å². The quantitative estimate of drug-likeness (QED) is 0.542. The van der Waals surface area contributed by atoms with Gasteiger partial charge in [0.1, 0.15) is 22.9 Å². The zero-order valence-corrected chi connectivity index (χ0v) is 19.6. The summed E-state index contributed by atoms with van der Waals surface area (Å²) < 4.78 is 42.5. The molecule has 5 rings (SSSR count). The minimum atomic E-state index is -4.21. The summed E-state index contributed by atoms with van der Waals surface area (Å²) in [5.41, 5.74) is 0.393. The van der Waals surface area contributed by atoms with Crippen LogP contribution in [-0.4, -0.2) is 60.2 Å². The number of piperidine rings is 1. The second kappa shape index (κ2) is 8.98. The summed E-state index contributed by atoms with van der Waals surface area (Å²) in [7, 11) is -4.21. The van der Waals surface area contributed by atoms with Crippen LogP contribution in [0.4, 0.5) is 15.9 Å². The number of hydrogen-bond donors (Lipinski definition) is 3. The van der Waals surface area contributed by atoms with Crippen molar-refractivity contribution in [3.05, 3.63) is 41.6 Å². The van der Waals surface area contributed by atoms with Gasteiger partial charge in [-0.25, -0.2) is 22.8 Å². The van der Waals surface area contributed by atoms with Crippen molar-refractivity contribution in [2.75, 3.05) is 29.7 Å². The van der Waals surface area contributed by atoms with Crippen molar-refractivity contribution in [3.63, 3.8) is 0 Å². The van der Waals surface area contributed by atoms with Crippen LogP contribution in [0.2, 0.25) is 5.02 Å². The summed E-state index contributed by atoms with van der Waals surface area (Å²) in [5, 5.41) is 13.0. The number of hydrogen-bond acceptors (Lipinski definition) is 7. The lowest BCUT2D eigenvalue weighted by Crippen LogP contribution is -2.49. The molecule has 1 aliphatic heterocycles. The second-order valence-corrected chi connectivity index (χ2v) is 11.3. The number of nitrogens with zero attached hydrogens (tertiary/aromatic N) is 3. The molecule has 0 bridgehead atoms. The van der Waals surface area contributed by atoms with Gasteiger partial charge in [-0.3, -0.25) is 9.62 Å². The van der Waals surface area contributed by atoms with Crippen LogP contribution in [0.3, 0.4) is 0 Å². The fourth-order valence-electron chi connectivity index (χ4n) is 5.53. The molecule has 3 aliphatic rings. The number of halogens is 2. The molecule has 33 heavy (non-hydrogen) atoms. The van der Waals surface area contributed by atoms with Crippen LogP contribution in [0.5, 0.6) is 0 Å². The van der Waals surface area contributed by atoms with E-state index in [2.05, 4.69) is 24.9 Å². The normalized spacial score (nSPS) is 29.5. The van der Waals surface area contributed by atoms with E-state index in [1.54, 1.807) is 0 Å². The van der Waals surface area contributed by atoms with E-state index in [0.717, 1.165) is 50.9 Å². The smallest absolute Gasteiger partial charge is 0.266 e. The maximum atomic E-state index is 14.9. The molecular formula is C22H27ClFN5O3S. The molecule has 1 saturated heterocycles. The number of fused-ring (bicyclic) bond motifs is 1. The van der Waals surface area contributed by atoms with Crippen LogP contribution >= 0.6 is 11.6 Å². The summed E-state index contributed by atoms with van der Waals surface area (Å²) in [5.74, 6) is 0.783. The van der Waals surface area contributed by atoms with Gasteiger partial charge >= 0.3 is 0 Å². The first-order valence-electron chi connectivity index (χ1n) is 11.3. The number of sulfonamides is 1. The van der Waals surface area contributed by atoms with Crippen LogP contribution in [0.1, 0.15) is 25.7 Å². The highest BCUT2D eigenvalue weighted by molar-refractivity contribution is 7.92. The van der Waals surface area contributed by atoms with Crippen molar-refractivity contribution in [3.8, 4) is 0 Å². The molecule has 1 aromatic heterocycles. The van der Waals surface area contributed by atoms with Crippen LogP contribution in [0.15, 0.2) is 35.6 Å². The number of anilines is 2. The minimum absolute atomic E-state index is 0.0415. The molecular weight excluding hydrogens is 469 g/mol. The van der Waals surface area contributed by atoms with Crippen molar-refractivity contribution < 1.29 is 17.9 Å². The molecule has 2 aromatic rings. The van der Waals surface area contributed by atoms with Crippen molar-refractivity contribution >= 4 is 33.1 Å². The summed E-state index contributed by atoms with van der Waals surface area (Å²) in [6.07, 6.45) is 6.79. The van der Waals surface area contributed by atoms with Gasteiger partial charge in [-0.2, -0.15) is 0 Å². The summed E-state index contributed by atoms with van der Waals surface area (Å²) in [6.45, 7) is 2.26. The summed E-state index contributed by atoms with van der Waals surface area (Å²) in [4.78, 5) is 9.50. The maximum Gasteiger partial charge on any atom is 0.266 e. The number of aliphatic hydroxyl groups excluding tert-OH is 1. The molecule has 0 radical (unpaired) electrons. The third kappa shape index (κ3) is 4.53. The first kappa shape index (κ1) is 22.8. The monoisotopic (exact) mass is 495 g/mol. The van der Waals surface area contributed by atoms with Gasteiger partial charge in [-0.15, -0.1) is 0 Å². The van der Waals surface area contributed by atoms with Gasteiger partial charge in [-0.05, 0) is 48.8 Å². The zero-order chi connectivity index (χ0) is 23.2. The molecule has 1 unspecified atom stereocenters. The summed E-state index contributed by atoms with van der Waals surface area (Å²) >= 11 is 6.42. The average molecular weight is 496 g/mol. The Balaban J connectivity index is 1.32. The number of rotatable bonds is 7. The van der Waals surface area contributed by atoms with Crippen LogP contribution in [0.25, 0.3) is 0 Å². The number of aromatic nitrogens is 2. The fraction of sp³-hybridized carbons (Fsp3) is 0.545. The molecule has 2 heterocycles. The Morgan fingerprint density at radius 1 is 1.21 bits per heavy atom. The first-order chi connectivity index (χ1) is 15.9. The molecule has 178 valence electrons. The standard InChI is InChI=1S/C22H27ClFN5O3S/c23-16-7-21(33(31,32)28-22-5-6-25-12-26-22)17(24)8-19(16)27-18-3-1-2-4-20(18)29-9-13-14(10-29)15(13)11-30/h5-8,12-15,18,20,27,30H,1-4,9-11H2,(H,25,26,28)/t13-,14+,15?,18-,20-/m1/s1. The van der Waals surface area contributed by atoms with E-state index in [-0.39, 0.29) is 23.5 Å². The van der Waals surface area contributed by atoms with Gasteiger partial charge in [0.15, 0.2) is 0 Å². The van der Waals surface area contributed by atoms with Crippen LogP contribution in [0, 0.1) is 23.6 Å². The van der Waals surface area contributed by atoms with Crippen molar-refractivity contribution in [1.82, 2.24) is 14.9 Å². The Morgan fingerprint density at radius 3 is 2.67 bits per heavy atom. The predicted molar refractivity (Wildman–Crippen MR) is 123 cm³/mol. The predicted octanol–water partition coefficient (Wildman–Crippen LogP) is 2.96. The number of aliphatic hydroxyl groups is 1. The molecule has 5 atom stereocenters. The van der Waals surface area contributed by atoms with Gasteiger partial charge in [0, 0.05) is 38.0 Å². The number of likely N-dealkylation sites (tertiary alicyclic amines) is 1. The largest absolute Gasteiger partial charge is 0.396 e. The van der Waals surface area contributed by atoms with E-state index in [9.17, 15) is 17.9 Å². The fourth-order valence-corrected chi connectivity index (χ4v) is 6.91. The van der Waals surface area contributed by atoms with Crippen LogP contribution < -0.4 is 10.0 Å². The third-order valence-electron chi connectivity index (χ3n) is 7.28. The number of benzene rings is 1. The number of nitrogens with one attached hydrogen (secondary N) is 2. The Labute approximate surface area is 197 Å². The lowest BCUT2D eigenvalue weighted by Gasteiger charge is -2.40. The van der Waals surface area contributed by atoms with E-state index in [0.29, 0.717) is 29.5 Å². The zero-order valence-electron chi connectivity index (χ0n) is 18.0. The molecule has 2 aliphatic carbocycles. The Morgan fingerprint density at radius 2 is 1.97 bits per heavy atom. The Kier molecular flexibility index (Phi) is 6.19. The van der Waals surface area contributed by atoms with E-state index >= 15 is 0 Å². The molecule has 2 saturated carbocycles. The van der Waals surface area contributed by atoms with E-state index in [4.69, 9.17) is 11.6 Å². The molecule has 0 spiro atoms.